The van der Waals surface area contributed by atoms with Crippen LogP contribution in [0.2, 0.25) is 0 Å². The van der Waals surface area contributed by atoms with Crippen molar-refractivity contribution in [1.29, 1.82) is 0 Å². The number of benzene rings is 2. The summed E-state index contributed by atoms with van der Waals surface area (Å²) in [5.74, 6) is -0.218. The number of hydrogen-bond acceptors (Lipinski definition) is 4. The third-order valence-electron chi connectivity index (χ3n) is 3.95. The van der Waals surface area contributed by atoms with E-state index >= 15 is 0 Å². The second kappa shape index (κ2) is 8.89. The fraction of sp³-hybridized carbons (Fsp3) is 0.263. The highest BCUT2D eigenvalue weighted by Gasteiger charge is 2.11. The van der Waals surface area contributed by atoms with E-state index in [1.54, 1.807) is 6.21 Å². The highest BCUT2D eigenvalue weighted by Crippen LogP contribution is 2.11. The van der Waals surface area contributed by atoms with Gasteiger partial charge >= 0.3 is 0 Å². The first-order valence-electron chi connectivity index (χ1n) is 8.19. The molecule has 0 radical (unpaired) electrons. The number of morpholine rings is 1. The Hall–Kier alpha value is -2.02. The molecule has 0 bridgehead atoms. The van der Waals surface area contributed by atoms with Gasteiger partial charge in [-0.3, -0.25) is 9.69 Å². The lowest BCUT2D eigenvalue weighted by molar-refractivity contribution is 0.0342. The van der Waals surface area contributed by atoms with Crippen molar-refractivity contribution in [2.24, 2.45) is 5.10 Å². The molecule has 0 spiro atoms. The van der Waals surface area contributed by atoms with Crippen molar-refractivity contribution in [2.45, 2.75) is 6.54 Å². The Bertz CT molecular complexity index is 741. The van der Waals surface area contributed by atoms with Crippen LogP contribution in [0.3, 0.4) is 0 Å². The van der Waals surface area contributed by atoms with Crippen molar-refractivity contribution in [3.63, 3.8) is 0 Å². The Kier molecular flexibility index (Phi) is 6.33. The highest BCUT2D eigenvalue weighted by molar-refractivity contribution is 9.10. The Morgan fingerprint density at radius 2 is 1.96 bits per heavy atom. The first-order valence-corrected chi connectivity index (χ1v) is 8.98. The second-order valence-electron chi connectivity index (χ2n) is 5.84. The maximum absolute atomic E-state index is 12.1. The monoisotopic (exact) mass is 401 g/mol. The average molecular weight is 402 g/mol. The Morgan fingerprint density at radius 3 is 2.68 bits per heavy atom. The van der Waals surface area contributed by atoms with Crippen LogP contribution in [-0.2, 0) is 11.3 Å². The first-order chi connectivity index (χ1) is 12.2. The molecular weight excluding hydrogens is 382 g/mol. The zero-order chi connectivity index (χ0) is 17.5. The molecule has 1 saturated heterocycles. The number of nitrogens with one attached hydrogen (secondary N) is 1. The molecule has 1 fully saturated rings. The van der Waals surface area contributed by atoms with E-state index in [9.17, 15) is 4.79 Å². The predicted molar refractivity (Wildman–Crippen MR) is 102 cm³/mol. The molecule has 130 valence electrons. The molecule has 1 amide bonds. The highest BCUT2D eigenvalue weighted by atomic mass is 79.9. The lowest BCUT2D eigenvalue weighted by atomic mass is 10.1. The first kappa shape index (κ1) is 17.8. The number of carbonyl (C=O) groups is 1. The smallest absolute Gasteiger partial charge is 0.271 e. The summed E-state index contributed by atoms with van der Waals surface area (Å²) in [4.78, 5) is 14.5. The molecule has 0 aromatic heterocycles. The number of hydrogen-bond donors (Lipinski definition) is 1. The van der Waals surface area contributed by atoms with Gasteiger partial charge in [0.25, 0.3) is 5.91 Å². The van der Waals surface area contributed by atoms with E-state index in [0.717, 1.165) is 42.9 Å². The fourth-order valence-electron chi connectivity index (χ4n) is 2.60. The SMILES string of the molecule is O=C(N/N=C\c1cccc(Br)c1)c1ccc(CN2CCOCC2)cc1. The number of amides is 1. The van der Waals surface area contributed by atoms with Gasteiger partial charge in [0, 0.05) is 29.7 Å². The largest absolute Gasteiger partial charge is 0.379 e. The van der Waals surface area contributed by atoms with Gasteiger partial charge in [-0.05, 0) is 35.4 Å². The number of hydrazone groups is 1. The van der Waals surface area contributed by atoms with Gasteiger partial charge in [0.05, 0.1) is 19.4 Å². The van der Waals surface area contributed by atoms with Crippen LogP contribution in [0.5, 0.6) is 0 Å². The minimum atomic E-state index is -0.218. The summed E-state index contributed by atoms with van der Waals surface area (Å²) in [5.41, 5.74) is 5.25. The van der Waals surface area contributed by atoms with Gasteiger partial charge in [0.15, 0.2) is 0 Å². The predicted octanol–water partition coefficient (Wildman–Crippen LogP) is 3.05. The van der Waals surface area contributed by atoms with Gasteiger partial charge in [-0.25, -0.2) is 5.43 Å². The quantitative estimate of drug-likeness (QED) is 0.618. The van der Waals surface area contributed by atoms with Gasteiger partial charge in [-0.2, -0.15) is 5.10 Å². The van der Waals surface area contributed by atoms with E-state index in [4.69, 9.17) is 4.74 Å². The molecule has 25 heavy (non-hydrogen) atoms. The van der Waals surface area contributed by atoms with Crippen LogP contribution in [0.15, 0.2) is 58.1 Å². The molecule has 5 nitrogen and oxygen atoms in total. The minimum Gasteiger partial charge on any atom is -0.379 e. The molecule has 2 aromatic rings. The van der Waals surface area contributed by atoms with E-state index < -0.39 is 0 Å². The van der Waals surface area contributed by atoms with Gasteiger partial charge in [0.1, 0.15) is 0 Å². The Labute approximate surface area is 155 Å². The topological polar surface area (TPSA) is 53.9 Å². The van der Waals surface area contributed by atoms with Crippen LogP contribution in [0.25, 0.3) is 0 Å². The molecule has 1 aliphatic rings. The fourth-order valence-corrected chi connectivity index (χ4v) is 3.01. The molecule has 6 heteroatoms. The average Bonchev–Trinajstić information content (AvgIpc) is 2.63. The molecule has 1 aliphatic heterocycles. The lowest BCUT2D eigenvalue weighted by Crippen LogP contribution is -2.35. The third kappa shape index (κ3) is 5.49. The summed E-state index contributed by atoms with van der Waals surface area (Å²) < 4.78 is 6.32. The van der Waals surface area contributed by atoms with Crippen LogP contribution in [0, 0.1) is 0 Å². The maximum atomic E-state index is 12.1. The normalized spacial score (nSPS) is 15.4. The van der Waals surface area contributed by atoms with Crippen LogP contribution in [-0.4, -0.2) is 43.3 Å². The minimum absolute atomic E-state index is 0.218. The van der Waals surface area contributed by atoms with E-state index in [-0.39, 0.29) is 5.91 Å². The molecule has 3 rings (SSSR count). The van der Waals surface area contributed by atoms with Gasteiger partial charge < -0.3 is 4.74 Å². The number of carbonyl (C=O) groups excluding carboxylic acids is 1. The van der Waals surface area contributed by atoms with Gasteiger partial charge in [-0.1, -0.05) is 40.2 Å². The van der Waals surface area contributed by atoms with Crippen LogP contribution < -0.4 is 5.43 Å². The molecule has 1 heterocycles. The van der Waals surface area contributed by atoms with E-state index in [1.807, 2.05) is 48.5 Å². The summed E-state index contributed by atoms with van der Waals surface area (Å²) in [5, 5.41) is 4.01. The summed E-state index contributed by atoms with van der Waals surface area (Å²) in [6.45, 7) is 4.36. The van der Waals surface area contributed by atoms with Gasteiger partial charge in [0.2, 0.25) is 0 Å². The van der Waals surface area contributed by atoms with Gasteiger partial charge in [-0.15, -0.1) is 0 Å². The summed E-state index contributed by atoms with van der Waals surface area (Å²) in [7, 11) is 0. The summed E-state index contributed by atoms with van der Waals surface area (Å²) in [6.07, 6.45) is 1.62. The zero-order valence-electron chi connectivity index (χ0n) is 13.8. The van der Waals surface area contributed by atoms with Crippen molar-refractivity contribution in [3.05, 3.63) is 69.7 Å². The second-order valence-corrected chi connectivity index (χ2v) is 6.76. The molecule has 0 unspecified atom stereocenters. The third-order valence-corrected chi connectivity index (χ3v) is 4.45. The van der Waals surface area contributed by atoms with Crippen molar-refractivity contribution in [3.8, 4) is 0 Å². The van der Waals surface area contributed by atoms with Crippen molar-refractivity contribution in [2.75, 3.05) is 26.3 Å². The summed E-state index contributed by atoms with van der Waals surface area (Å²) >= 11 is 3.40. The standard InChI is InChI=1S/C19H20BrN3O2/c20-18-3-1-2-16(12-18)13-21-22-19(24)17-6-4-15(5-7-17)14-23-8-10-25-11-9-23/h1-7,12-13H,8-11,14H2,(H,22,24)/b21-13-. The molecule has 2 aromatic carbocycles. The molecule has 1 N–H and O–H groups in total. The number of halogens is 1. The number of ether oxygens (including phenoxy) is 1. The molecule has 0 atom stereocenters. The zero-order valence-corrected chi connectivity index (χ0v) is 15.4. The van der Waals surface area contributed by atoms with Crippen LogP contribution in [0.4, 0.5) is 0 Å². The Morgan fingerprint density at radius 1 is 1.20 bits per heavy atom. The number of nitrogens with zero attached hydrogens (tertiary/aromatic N) is 2. The van der Waals surface area contributed by atoms with Crippen molar-refractivity contribution in [1.82, 2.24) is 10.3 Å². The molecule has 0 saturated carbocycles. The summed E-state index contributed by atoms with van der Waals surface area (Å²) in [6, 6.07) is 15.3. The molecule has 0 aliphatic carbocycles. The lowest BCUT2D eigenvalue weighted by Gasteiger charge is -2.26. The van der Waals surface area contributed by atoms with E-state index in [1.165, 1.54) is 5.56 Å². The van der Waals surface area contributed by atoms with Crippen molar-refractivity contribution < 1.29 is 9.53 Å². The van der Waals surface area contributed by atoms with Crippen LogP contribution >= 0.6 is 15.9 Å². The van der Waals surface area contributed by atoms with E-state index in [0.29, 0.717) is 5.56 Å². The Balaban J connectivity index is 1.53. The van der Waals surface area contributed by atoms with Crippen molar-refractivity contribution >= 4 is 28.1 Å². The molecular formula is C19H20BrN3O2. The maximum Gasteiger partial charge on any atom is 0.271 e. The van der Waals surface area contributed by atoms with E-state index in [2.05, 4.69) is 31.4 Å². The van der Waals surface area contributed by atoms with Crippen LogP contribution in [0.1, 0.15) is 21.5 Å². The number of rotatable bonds is 5.